The largest absolute Gasteiger partial charge is 0.416 e. The molecule has 3 nitrogen and oxygen atoms in total. The van der Waals surface area contributed by atoms with Gasteiger partial charge in [0.25, 0.3) is 0 Å². The molecule has 0 amide bonds. The highest BCUT2D eigenvalue weighted by Crippen LogP contribution is 2.46. The third-order valence-electron chi connectivity index (χ3n) is 6.46. The van der Waals surface area contributed by atoms with E-state index in [0.29, 0.717) is 51.0 Å². The predicted molar refractivity (Wildman–Crippen MR) is 107 cm³/mol. The molecule has 9 heteroatoms. The van der Waals surface area contributed by atoms with Gasteiger partial charge in [-0.3, -0.25) is 0 Å². The number of hydrogen-bond acceptors (Lipinski definition) is 3. The summed E-state index contributed by atoms with van der Waals surface area (Å²) < 4.78 is 96.3. The Morgan fingerprint density at radius 1 is 0.758 bits per heavy atom. The third-order valence-corrected chi connectivity index (χ3v) is 6.46. The first-order chi connectivity index (χ1) is 15.5. The zero-order chi connectivity index (χ0) is 23.7. The number of ether oxygens (including phenoxy) is 3. The summed E-state index contributed by atoms with van der Waals surface area (Å²) in [6, 6.07) is 11.1. The molecule has 0 aromatic heterocycles. The van der Waals surface area contributed by atoms with Gasteiger partial charge in [0.1, 0.15) is 0 Å². The van der Waals surface area contributed by atoms with Crippen LogP contribution in [0.3, 0.4) is 0 Å². The molecule has 0 N–H and O–H groups in total. The second-order valence-electron chi connectivity index (χ2n) is 8.66. The van der Waals surface area contributed by atoms with Crippen molar-refractivity contribution in [2.75, 3.05) is 19.8 Å². The molecule has 33 heavy (non-hydrogen) atoms. The average Bonchev–Trinajstić information content (AvgIpc) is 3.23. The van der Waals surface area contributed by atoms with Crippen LogP contribution >= 0.6 is 0 Å². The molecule has 0 radical (unpaired) electrons. The van der Waals surface area contributed by atoms with E-state index in [9.17, 15) is 26.3 Å². The van der Waals surface area contributed by atoms with Crippen LogP contribution < -0.4 is 0 Å². The lowest BCUT2D eigenvalue weighted by molar-refractivity contribution is -0.188. The van der Waals surface area contributed by atoms with Gasteiger partial charge in [0.15, 0.2) is 5.79 Å². The Hall–Kier alpha value is -2.10. The topological polar surface area (TPSA) is 27.7 Å². The van der Waals surface area contributed by atoms with E-state index in [1.54, 1.807) is 0 Å². The lowest BCUT2D eigenvalue weighted by Gasteiger charge is -2.44. The van der Waals surface area contributed by atoms with Crippen LogP contribution in [0.2, 0.25) is 0 Å². The summed E-state index contributed by atoms with van der Waals surface area (Å²) in [5.41, 5.74) is -2.28. The van der Waals surface area contributed by atoms with Gasteiger partial charge in [0.05, 0.1) is 37.6 Å². The summed E-state index contributed by atoms with van der Waals surface area (Å²) in [5.74, 6) is -0.610. The number of benzene rings is 2. The Labute approximate surface area is 187 Å². The van der Waals surface area contributed by atoms with E-state index in [1.165, 1.54) is 0 Å². The molecule has 0 unspecified atom stereocenters. The number of alkyl halides is 6. The highest BCUT2D eigenvalue weighted by Gasteiger charge is 2.47. The molecular formula is C24H24F6O3. The van der Waals surface area contributed by atoms with Crippen LogP contribution in [0.15, 0.2) is 48.5 Å². The number of rotatable bonds is 5. The fraction of sp³-hybridized carbons (Fsp3) is 0.500. The van der Waals surface area contributed by atoms with Crippen molar-refractivity contribution in [2.45, 2.75) is 55.8 Å². The predicted octanol–water partition coefficient (Wildman–Crippen LogP) is 6.50. The average molecular weight is 474 g/mol. The molecule has 2 fully saturated rings. The van der Waals surface area contributed by atoms with Crippen LogP contribution in [0.25, 0.3) is 0 Å². The minimum atomic E-state index is -4.89. The maximum atomic E-state index is 13.1. The van der Waals surface area contributed by atoms with Crippen LogP contribution in [0, 0.1) is 0 Å². The molecule has 4 rings (SSSR count). The number of halogens is 6. The van der Waals surface area contributed by atoms with E-state index in [-0.39, 0.29) is 24.8 Å². The quantitative estimate of drug-likeness (QED) is 0.464. The van der Waals surface area contributed by atoms with Crippen LogP contribution in [0.1, 0.15) is 47.9 Å². The van der Waals surface area contributed by atoms with Crippen molar-refractivity contribution in [1.82, 2.24) is 0 Å². The first-order valence-corrected chi connectivity index (χ1v) is 10.7. The lowest BCUT2D eigenvalue weighted by Crippen LogP contribution is -2.44. The minimum Gasteiger partial charge on any atom is -0.376 e. The molecule has 0 atom stereocenters. The van der Waals surface area contributed by atoms with E-state index in [4.69, 9.17) is 14.2 Å². The summed E-state index contributed by atoms with van der Waals surface area (Å²) in [6.45, 7) is 0.863. The minimum absolute atomic E-state index is 0.122. The summed E-state index contributed by atoms with van der Waals surface area (Å²) in [4.78, 5) is 0. The van der Waals surface area contributed by atoms with Crippen molar-refractivity contribution < 1.29 is 40.6 Å². The molecule has 1 aliphatic carbocycles. The third kappa shape index (κ3) is 5.36. The van der Waals surface area contributed by atoms with Crippen molar-refractivity contribution in [1.29, 1.82) is 0 Å². The van der Waals surface area contributed by atoms with Gasteiger partial charge in [-0.15, -0.1) is 0 Å². The van der Waals surface area contributed by atoms with Gasteiger partial charge >= 0.3 is 12.4 Å². The van der Waals surface area contributed by atoms with Crippen molar-refractivity contribution in [3.8, 4) is 0 Å². The Bertz CT molecular complexity index is 907. The van der Waals surface area contributed by atoms with Crippen LogP contribution in [0.5, 0.6) is 0 Å². The second kappa shape index (κ2) is 8.92. The summed E-state index contributed by atoms with van der Waals surface area (Å²) in [7, 11) is 0. The molecule has 2 aromatic rings. The van der Waals surface area contributed by atoms with E-state index in [0.717, 1.165) is 5.56 Å². The Morgan fingerprint density at radius 3 is 1.82 bits per heavy atom. The zero-order valence-electron chi connectivity index (χ0n) is 17.8. The van der Waals surface area contributed by atoms with Gasteiger partial charge in [-0.2, -0.15) is 26.3 Å². The van der Waals surface area contributed by atoms with Gasteiger partial charge in [-0.25, -0.2) is 0 Å². The van der Waals surface area contributed by atoms with Crippen molar-refractivity contribution in [3.63, 3.8) is 0 Å². The highest BCUT2D eigenvalue weighted by molar-refractivity contribution is 5.33. The van der Waals surface area contributed by atoms with Gasteiger partial charge in [0.2, 0.25) is 0 Å². The van der Waals surface area contributed by atoms with Crippen LogP contribution in [-0.2, 0) is 38.6 Å². The Balaban J connectivity index is 1.52. The van der Waals surface area contributed by atoms with Gasteiger partial charge in [-0.05, 0) is 42.2 Å². The number of hydrogen-bond donors (Lipinski definition) is 0. The molecule has 1 saturated heterocycles. The standard InChI is InChI=1S/C24H24F6O3/c25-23(26,27)19-12-17(13-20(14-19)24(28,29)30)15-31-16-21(18-4-2-1-3-5-18)6-8-22(9-7-21)32-10-11-33-22/h1-5,12-14H,6-11,15-16H2. The fourth-order valence-corrected chi connectivity index (χ4v) is 4.67. The maximum Gasteiger partial charge on any atom is 0.416 e. The summed E-state index contributed by atoms with van der Waals surface area (Å²) in [5, 5.41) is 0. The van der Waals surface area contributed by atoms with E-state index in [2.05, 4.69) is 0 Å². The molecule has 1 aliphatic heterocycles. The normalized spacial score (nSPS) is 20.3. The van der Waals surface area contributed by atoms with Crippen molar-refractivity contribution in [2.24, 2.45) is 0 Å². The van der Waals surface area contributed by atoms with E-state index in [1.807, 2.05) is 30.3 Å². The second-order valence-corrected chi connectivity index (χ2v) is 8.66. The molecule has 0 bridgehead atoms. The van der Waals surface area contributed by atoms with E-state index >= 15 is 0 Å². The fourth-order valence-electron chi connectivity index (χ4n) is 4.67. The molecule has 1 spiro atoms. The molecule has 2 aliphatic rings. The molecule has 1 heterocycles. The Kier molecular flexibility index (Phi) is 6.50. The molecule has 2 aromatic carbocycles. The molecular weight excluding hydrogens is 450 g/mol. The van der Waals surface area contributed by atoms with Gasteiger partial charge < -0.3 is 14.2 Å². The van der Waals surface area contributed by atoms with Crippen molar-refractivity contribution in [3.05, 3.63) is 70.8 Å². The smallest absolute Gasteiger partial charge is 0.376 e. The highest BCUT2D eigenvalue weighted by atomic mass is 19.4. The zero-order valence-corrected chi connectivity index (χ0v) is 17.8. The van der Waals surface area contributed by atoms with E-state index < -0.39 is 34.7 Å². The first-order valence-electron chi connectivity index (χ1n) is 10.7. The van der Waals surface area contributed by atoms with Gasteiger partial charge in [-0.1, -0.05) is 30.3 Å². The first kappa shape index (κ1) is 24.0. The monoisotopic (exact) mass is 474 g/mol. The lowest BCUT2D eigenvalue weighted by atomic mass is 9.68. The maximum absolute atomic E-state index is 13.1. The Morgan fingerprint density at radius 2 is 1.30 bits per heavy atom. The summed E-state index contributed by atoms with van der Waals surface area (Å²) in [6.07, 6.45) is -7.19. The summed E-state index contributed by atoms with van der Waals surface area (Å²) >= 11 is 0. The van der Waals surface area contributed by atoms with Crippen molar-refractivity contribution >= 4 is 0 Å². The van der Waals surface area contributed by atoms with Gasteiger partial charge in [0, 0.05) is 18.3 Å². The SMILES string of the molecule is FC(F)(F)c1cc(COCC2(c3ccccc3)CCC3(CC2)OCCO3)cc(C(F)(F)F)c1. The molecule has 180 valence electrons. The molecule has 1 saturated carbocycles. The van der Waals surface area contributed by atoms with Crippen LogP contribution in [-0.4, -0.2) is 25.6 Å². The van der Waals surface area contributed by atoms with Crippen LogP contribution in [0.4, 0.5) is 26.3 Å².